The highest BCUT2D eigenvalue weighted by molar-refractivity contribution is 14.1. The molecular formula is C28H24BrIN2O6S. The Bertz CT molecular complexity index is 1700. The molecule has 2 heterocycles. The van der Waals surface area contributed by atoms with Crippen LogP contribution < -0.4 is 29.1 Å². The number of terminal acetylenes is 1. The molecule has 1 aliphatic heterocycles. The smallest absolute Gasteiger partial charge is 0.338 e. The van der Waals surface area contributed by atoms with Crippen LogP contribution in [-0.2, 0) is 9.53 Å². The van der Waals surface area contributed by atoms with Gasteiger partial charge in [-0.25, -0.2) is 9.79 Å². The molecule has 3 aromatic rings. The average Bonchev–Trinajstić information content (AvgIpc) is 3.20. The third kappa shape index (κ3) is 5.78. The number of rotatable bonds is 8. The summed E-state index contributed by atoms with van der Waals surface area (Å²) in [5.74, 6) is 3.59. The van der Waals surface area contributed by atoms with Crippen molar-refractivity contribution in [2.24, 2.45) is 4.99 Å². The summed E-state index contributed by atoms with van der Waals surface area (Å²) in [6, 6.07) is 8.36. The zero-order valence-corrected chi connectivity index (χ0v) is 26.1. The number of fused-ring (bicyclic) bond motifs is 1. The number of carbonyl (C=O) groups excluding carboxylic acids is 1. The van der Waals surface area contributed by atoms with Gasteiger partial charge in [0.1, 0.15) is 12.4 Å². The molecule has 11 heteroatoms. The first-order valence-corrected chi connectivity index (χ1v) is 14.4. The molecule has 8 nitrogen and oxygen atoms in total. The Balaban J connectivity index is 1.92. The molecular weight excluding hydrogens is 699 g/mol. The predicted molar refractivity (Wildman–Crippen MR) is 161 cm³/mol. The van der Waals surface area contributed by atoms with E-state index >= 15 is 0 Å². The van der Waals surface area contributed by atoms with Crippen LogP contribution in [0.1, 0.15) is 31.0 Å². The molecule has 0 fully saturated rings. The highest BCUT2D eigenvalue weighted by atomic mass is 127. The first-order valence-electron chi connectivity index (χ1n) is 11.7. The zero-order chi connectivity index (χ0) is 28.3. The van der Waals surface area contributed by atoms with Crippen molar-refractivity contribution in [1.82, 2.24) is 4.57 Å². The molecule has 4 rings (SSSR count). The Morgan fingerprint density at radius 3 is 2.64 bits per heavy atom. The molecule has 0 N–H and O–H groups in total. The summed E-state index contributed by atoms with van der Waals surface area (Å²) in [5, 5.41) is 0. The van der Waals surface area contributed by atoms with E-state index in [2.05, 4.69) is 49.4 Å². The fraction of sp³-hybridized carbons (Fsp3) is 0.250. The Morgan fingerprint density at radius 1 is 1.26 bits per heavy atom. The van der Waals surface area contributed by atoms with Crippen LogP contribution in [0.5, 0.6) is 17.2 Å². The van der Waals surface area contributed by atoms with E-state index in [1.54, 1.807) is 46.3 Å². The van der Waals surface area contributed by atoms with Crippen LogP contribution >= 0.6 is 49.9 Å². The van der Waals surface area contributed by atoms with Crippen LogP contribution in [0.4, 0.5) is 0 Å². The van der Waals surface area contributed by atoms with Crippen molar-refractivity contribution in [2.45, 2.75) is 19.9 Å². The number of carbonyl (C=O) groups is 1. The lowest BCUT2D eigenvalue weighted by atomic mass is 9.96. The highest BCUT2D eigenvalue weighted by Crippen LogP contribution is 2.36. The van der Waals surface area contributed by atoms with Crippen LogP contribution in [0.25, 0.3) is 6.08 Å². The fourth-order valence-electron chi connectivity index (χ4n) is 4.19. The lowest BCUT2D eigenvalue weighted by molar-refractivity contribution is -0.139. The molecule has 39 heavy (non-hydrogen) atoms. The Morgan fingerprint density at radius 2 is 2.00 bits per heavy atom. The van der Waals surface area contributed by atoms with Crippen LogP contribution in [0.3, 0.4) is 0 Å². The van der Waals surface area contributed by atoms with E-state index in [9.17, 15) is 9.59 Å². The second kappa shape index (κ2) is 12.4. The molecule has 2 aromatic carbocycles. The van der Waals surface area contributed by atoms with Gasteiger partial charge in [0, 0.05) is 0 Å². The van der Waals surface area contributed by atoms with E-state index in [0.29, 0.717) is 47.9 Å². The highest BCUT2D eigenvalue weighted by Gasteiger charge is 2.33. The first kappa shape index (κ1) is 28.9. The number of ether oxygens (including phenoxy) is 4. The van der Waals surface area contributed by atoms with Crippen LogP contribution in [-0.4, -0.2) is 38.0 Å². The quantitative estimate of drug-likeness (QED) is 0.197. The third-order valence-electron chi connectivity index (χ3n) is 5.86. The van der Waals surface area contributed by atoms with Gasteiger partial charge in [0.05, 0.1) is 50.7 Å². The van der Waals surface area contributed by atoms with Crippen molar-refractivity contribution in [3.05, 3.63) is 80.5 Å². The van der Waals surface area contributed by atoms with E-state index in [4.69, 9.17) is 25.4 Å². The van der Waals surface area contributed by atoms with Gasteiger partial charge in [0.25, 0.3) is 5.56 Å². The van der Waals surface area contributed by atoms with Crippen LogP contribution in [0.15, 0.2) is 55.9 Å². The van der Waals surface area contributed by atoms with Gasteiger partial charge in [0.2, 0.25) is 0 Å². The largest absolute Gasteiger partial charge is 0.496 e. The normalized spacial score (nSPS) is 14.8. The number of aromatic nitrogens is 1. The Labute approximate surface area is 251 Å². The number of halogens is 2. The second-order valence-corrected chi connectivity index (χ2v) is 11.2. The van der Waals surface area contributed by atoms with E-state index in [1.807, 2.05) is 18.2 Å². The van der Waals surface area contributed by atoms with Gasteiger partial charge < -0.3 is 18.9 Å². The van der Waals surface area contributed by atoms with Crippen molar-refractivity contribution in [1.29, 1.82) is 0 Å². The summed E-state index contributed by atoms with van der Waals surface area (Å²) in [4.78, 5) is 32.1. The van der Waals surface area contributed by atoms with Gasteiger partial charge in [-0.05, 0) is 93.8 Å². The lowest BCUT2D eigenvalue weighted by Crippen LogP contribution is -2.40. The number of thiazole rings is 1. The minimum absolute atomic E-state index is 0.105. The summed E-state index contributed by atoms with van der Waals surface area (Å²) in [6.07, 6.45) is 7.10. The predicted octanol–water partition coefficient (Wildman–Crippen LogP) is 4.19. The number of hydrogen-bond acceptors (Lipinski definition) is 8. The van der Waals surface area contributed by atoms with Gasteiger partial charge in [-0.15, -0.1) is 6.42 Å². The van der Waals surface area contributed by atoms with E-state index in [-0.39, 0.29) is 18.8 Å². The minimum Gasteiger partial charge on any atom is -0.496 e. The van der Waals surface area contributed by atoms with Crippen molar-refractivity contribution >= 4 is 61.9 Å². The van der Waals surface area contributed by atoms with Crippen molar-refractivity contribution in [2.75, 3.05) is 27.4 Å². The maximum atomic E-state index is 13.9. The molecule has 0 radical (unpaired) electrons. The number of allylic oxidation sites excluding steroid dienone is 1. The summed E-state index contributed by atoms with van der Waals surface area (Å²) in [7, 11) is 3.11. The lowest BCUT2D eigenvalue weighted by Gasteiger charge is -2.25. The average molecular weight is 723 g/mol. The Kier molecular flexibility index (Phi) is 9.19. The molecule has 0 unspecified atom stereocenters. The molecule has 0 saturated heterocycles. The zero-order valence-electron chi connectivity index (χ0n) is 21.5. The van der Waals surface area contributed by atoms with Crippen molar-refractivity contribution < 1.29 is 23.7 Å². The molecule has 1 aromatic heterocycles. The molecule has 1 atom stereocenters. The van der Waals surface area contributed by atoms with E-state index < -0.39 is 12.0 Å². The minimum atomic E-state index is -0.737. The molecule has 0 aliphatic carbocycles. The van der Waals surface area contributed by atoms with Crippen LogP contribution in [0.2, 0.25) is 0 Å². The van der Waals surface area contributed by atoms with E-state index in [0.717, 1.165) is 9.13 Å². The number of esters is 1. The van der Waals surface area contributed by atoms with Gasteiger partial charge in [-0.1, -0.05) is 23.3 Å². The maximum Gasteiger partial charge on any atom is 0.338 e. The summed E-state index contributed by atoms with van der Waals surface area (Å²) < 4.78 is 25.3. The SMILES string of the molecule is C#CCOc1c(I)cc(/C=c2/sc3n(c2=O)[C@@H](c2ccc(OC)c(Br)c2)C(C(=O)OCC)=C(C)N=3)cc1OC. The summed E-state index contributed by atoms with van der Waals surface area (Å²) in [6.45, 7) is 3.78. The molecule has 0 bridgehead atoms. The maximum absolute atomic E-state index is 13.9. The van der Waals surface area contributed by atoms with Crippen LogP contribution in [0, 0.1) is 15.9 Å². The second-order valence-electron chi connectivity index (χ2n) is 8.22. The van der Waals surface area contributed by atoms with Gasteiger partial charge >= 0.3 is 5.97 Å². The fourth-order valence-corrected chi connectivity index (χ4v) is 6.57. The number of methoxy groups -OCH3 is 2. The summed E-state index contributed by atoms with van der Waals surface area (Å²) >= 11 is 6.90. The monoisotopic (exact) mass is 722 g/mol. The number of nitrogens with zero attached hydrogens (tertiary/aromatic N) is 2. The third-order valence-corrected chi connectivity index (χ3v) is 8.26. The van der Waals surface area contributed by atoms with Crippen molar-refractivity contribution in [3.8, 4) is 29.6 Å². The molecule has 1 aliphatic rings. The van der Waals surface area contributed by atoms with E-state index in [1.165, 1.54) is 15.9 Å². The molecule has 0 spiro atoms. The van der Waals surface area contributed by atoms with Gasteiger partial charge in [-0.2, -0.15) is 0 Å². The Hall–Kier alpha value is -3.08. The molecule has 0 saturated carbocycles. The summed E-state index contributed by atoms with van der Waals surface area (Å²) in [5.41, 5.74) is 1.95. The number of benzene rings is 2. The topological polar surface area (TPSA) is 88.4 Å². The molecule has 202 valence electrons. The van der Waals surface area contributed by atoms with Gasteiger partial charge in [-0.3, -0.25) is 9.36 Å². The van der Waals surface area contributed by atoms with Crippen molar-refractivity contribution in [3.63, 3.8) is 0 Å². The van der Waals surface area contributed by atoms with Gasteiger partial charge in [0.15, 0.2) is 16.3 Å². The standard InChI is InChI=1S/C28H24BrIN2O6S/c1-6-10-38-25-19(30)11-16(12-21(25)36-5)13-22-26(33)32-24(17-8-9-20(35-4)18(29)14-17)23(27(34)37-7-2)15(3)31-28(32)39-22/h1,8-9,11-14,24H,7,10H2,2-5H3/b22-13+/t24-/m0/s1. The first-order chi connectivity index (χ1) is 18.7. The molecule has 0 amide bonds. The number of hydrogen-bond donors (Lipinski definition) is 0.